The summed E-state index contributed by atoms with van der Waals surface area (Å²) in [6, 6.07) is 0. The number of hydrogen-bond donors (Lipinski definition) is 1. The van der Waals surface area contributed by atoms with Crippen LogP contribution in [0.4, 0.5) is 0 Å². The van der Waals surface area contributed by atoms with E-state index in [0.717, 1.165) is 31.8 Å². The Morgan fingerprint density at radius 2 is 2.00 bits per heavy atom. The molecular weight excluding hydrogens is 212 g/mol. The zero-order valence-electron chi connectivity index (χ0n) is 11.9. The Labute approximate surface area is 106 Å². The van der Waals surface area contributed by atoms with Gasteiger partial charge in [0.1, 0.15) is 0 Å². The van der Waals surface area contributed by atoms with Gasteiger partial charge >= 0.3 is 0 Å². The van der Waals surface area contributed by atoms with Gasteiger partial charge in [-0.15, -0.1) is 0 Å². The van der Waals surface area contributed by atoms with Crippen LogP contribution in [0.1, 0.15) is 53.4 Å². The minimum atomic E-state index is -0.0749. The molecule has 1 fully saturated rings. The highest BCUT2D eigenvalue weighted by molar-refractivity contribution is 5.78. The predicted octanol–water partition coefficient (Wildman–Crippen LogP) is 2.41. The molecule has 17 heavy (non-hydrogen) atoms. The third-order valence-electron chi connectivity index (χ3n) is 3.48. The Morgan fingerprint density at radius 1 is 1.35 bits per heavy atom. The van der Waals surface area contributed by atoms with Crippen molar-refractivity contribution in [3.05, 3.63) is 0 Å². The Kier molecular flexibility index (Phi) is 5.44. The first kappa shape index (κ1) is 14.5. The molecule has 0 spiro atoms. The third-order valence-corrected chi connectivity index (χ3v) is 3.48. The van der Waals surface area contributed by atoms with Crippen molar-refractivity contribution >= 4 is 5.91 Å². The molecule has 0 atom stereocenters. The highest BCUT2D eigenvalue weighted by Gasteiger charge is 2.26. The zero-order valence-corrected chi connectivity index (χ0v) is 11.9. The first-order valence-corrected chi connectivity index (χ1v) is 7.00. The number of hydrogen-bond acceptors (Lipinski definition) is 2. The van der Waals surface area contributed by atoms with Gasteiger partial charge in [-0.05, 0) is 52.0 Å². The largest absolute Gasteiger partial charge is 0.350 e. The van der Waals surface area contributed by atoms with Gasteiger partial charge in [-0.2, -0.15) is 0 Å². The molecule has 0 radical (unpaired) electrons. The van der Waals surface area contributed by atoms with E-state index < -0.39 is 0 Å². The van der Waals surface area contributed by atoms with Gasteiger partial charge in [-0.25, -0.2) is 0 Å². The van der Waals surface area contributed by atoms with E-state index in [-0.39, 0.29) is 11.4 Å². The smallest absolute Gasteiger partial charge is 0.234 e. The maximum atomic E-state index is 12.0. The molecule has 100 valence electrons. The van der Waals surface area contributed by atoms with Gasteiger partial charge in [0.05, 0.1) is 6.54 Å². The molecule has 3 nitrogen and oxygen atoms in total. The van der Waals surface area contributed by atoms with Gasteiger partial charge in [0.15, 0.2) is 0 Å². The van der Waals surface area contributed by atoms with Gasteiger partial charge in [0, 0.05) is 12.1 Å². The number of carbonyl (C=O) groups excluding carboxylic acids is 1. The van der Waals surface area contributed by atoms with E-state index in [9.17, 15) is 4.79 Å². The Hall–Kier alpha value is -0.570. The zero-order chi connectivity index (χ0) is 12.9. The Bertz CT molecular complexity index is 247. The highest BCUT2D eigenvalue weighted by Crippen LogP contribution is 2.29. The molecule has 1 aliphatic rings. The lowest BCUT2D eigenvalue weighted by Crippen LogP contribution is -2.47. The van der Waals surface area contributed by atoms with Crippen LogP contribution in [0.15, 0.2) is 0 Å². The Morgan fingerprint density at radius 3 is 2.47 bits per heavy atom. The Balaban J connectivity index is 2.34. The van der Waals surface area contributed by atoms with Gasteiger partial charge in [-0.1, -0.05) is 13.8 Å². The van der Waals surface area contributed by atoms with Crippen LogP contribution in [-0.4, -0.2) is 36.0 Å². The summed E-state index contributed by atoms with van der Waals surface area (Å²) in [4.78, 5) is 14.3. The van der Waals surface area contributed by atoms with E-state index in [2.05, 4.69) is 37.9 Å². The molecule has 0 aromatic heterocycles. The van der Waals surface area contributed by atoms with Crippen molar-refractivity contribution in [2.24, 2.45) is 5.92 Å². The van der Waals surface area contributed by atoms with Crippen LogP contribution in [0.25, 0.3) is 0 Å². The second-order valence-electron chi connectivity index (χ2n) is 5.96. The number of nitrogens with one attached hydrogen (secondary N) is 1. The van der Waals surface area contributed by atoms with Crippen LogP contribution in [0.5, 0.6) is 0 Å². The molecule has 0 bridgehead atoms. The van der Waals surface area contributed by atoms with Crippen molar-refractivity contribution in [2.45, 2.75) is 58.9 Å². The summed E-state index contributed by atoms with van der Waals surface area (Å²) in [6.45, 7) is 11.1. The monoisotopic (exact) mass is 240 g/mol. The van der Waals surface area contributed by atoms with E-state index in [4.69, 9.17) is 0 Å². The fourth-order valence-corrected chi connectivity index (χ4v) is 1.93. The van der Waals surface area contributed by atoms with Crippen LogP contribution in [-0.2, 0) is 4.79 Å². The number of carbonyl (C=O) groups is 1. The first-order valence-electron chi connectivity index (χ1n) is 7.00. The van der Waals surface area contributed by atoms with E-state index in [1.807, 2.05) is 0 Å². The lowest BCUT2D eigenvalue weighted by Gasteiger charge is -2.27. The van der Waals surface area contributed by atoms with E-state index in [1.54, 1.807) is 0 Å². The van der Waals surface area contributed by atoms with Crippen molar-refractivity contribution < 1.29 is 4.79 Å². The van der Waals surface area contributed by atoms with Crippen LogP contribution in [0, 0.1) is 5.92 Å². The number of amides is 1. The molecule has 1 aliphatic carbocycles. The summed E-state index contributed by atoms with van der Waals surface area (Å²) < 4.78 is 0. The summed E-state index contributed by atoms with van der Waals surface area (Å²) in [5.74, 6) is 1.03. The SMILES string of the molecule is CCCN(CC(=O)NC(C)(C)CC)CC1CC1. The number of nitrogens with zero attached hydrogens (tertiary/aromatic N) is 1. The van der Waals surface area contributed by atoms with Crippen molar-refractivity contribution in [3.8, 4) is 0 Å². The molecule has 1 N–H and O–H groups in total. The summed E-state index contributed by atoms with van der Waals surface area (Å²) >= 11 is 0. The summed E-state index contributed by atoms with van der Waals surface area (Å²) in [5, 5.41) is 3.11. The lowest BCUT2D eigenvalue weighted by molar-refractivity contribution is -0.123. The first-order chi connectivity index (χ1) is 7.96. The van der Waals surface area contributed by atoms with Crippen molar-refractivity contribution in [1.82, 2.24) is 10.2 Å². The van der Waals surface area contributed by atoms with E-state index >= 15 is 0 Å². The maximum Gasteiger partial charge on any atom is 0.234 e. The standard InChI is InChI=1S/C14H28N2O/c1-5-9-16(10-12-7-8-12)11-13(17)15-14(3,4)6-2/h12H,5-11H2,1-4H3,(H,15,17). The van der Waals surface area contributed by atoms with Gasteiger partial charge < -0.3 is 5.32 Å². The molecule has 0 aromatic rings. The second-order valence-corrected chi connectivity index (χ2v) is 5.96. The number of rotatable bonds is 8. The second kappa shape index (κ2) is 6.39. The topological polar surface area (TPSA) is 32.3 Å². The highest BCUT2D eigenvalue weighted by atomic mass is 16.2. The average Bonchev–Trinajstić information content (AvgIpc) is 3.01. The average molecular weight is 240 g/mol. The lowest BCUT2D eigenvalue weighted by atomic mass is 10.0. The minimum Gasteiger partial charge on any atom is -0.350 e. The van der Waals surface area contributed by atoms with Crippen LogP contribution in [0.3, 0.4) is 0 Å². The predicted molar refractivity (Wildman–Crippen MR) is 72.0 cm³/mol. The quantitative estimate of drug-likeness (QED) is 0.706. The summed E-state index contributed by atoms with van der Waals surface area (Å²) in [5.41, 5.74) is -0.0749. The molecular formula is C14H28N2O. The molecule has 3 heteroatoms. The molecule has 0 aliphatic heterocycles. The maximum absolute atomic E-state index is 12.0. The van der Waals surface area contributed by atoms with Gasteiger partial charge in [0.2, 0.25) is 5.91 Å². The summed E-state index contributed by atoms with van der Waals surface area (Å²) in [7, 11) is 0. The van der Waals surface area contributed by atoms with Crippen LogP contribution < -0.4 is 5.32 Å². The molecule has 1 amide bonds. The van der Waals surface area contributed by atoms with Crippen LogP contribution in [0.2, 0.25) is 0 Å². The van der Waals surface area contributed by atoms with Crippen molar-refractivity contribution in [3.63, 3.8) is 0 Å². The molecule has 0 unspecified atom stereocenters. The van der Waals surface area contributed by atoms with E-state index in [1.165, 1.54) is 12.8 Å². The van der Waals surface area contributed by atoms with Crippen molar-refractivity contribution in [2.75, 3.05) is 19.6 Å². The van der Waals surface area contributed by atoms with E-state index in [0.29, 0.717) is 6.54 Å². The van der Waals surface area contributed by atoms with Gasteiger partial charge in [-0.3, -0.25) is 9.69 Å². The fourth-order valence-electron chi connectivity index (χ4n) is 1.93. The third kappa shape index (κ3) is 6.06. The van der Waals surface area contributed by atoms with Crippen LogP contribution >= 0.6 is 0 Å². The molecule has 1 saturated carbocycles. The molecule has 1 rings (SSSR count). The van der Waals surface area contributed by atoms with Crippen molar-refractivity contribution in [1.29, 1.82) is 0 Å². The molecule has 0 heterocycles. The van der Waals surface area contributed by atoms with Gasteiger partial charge in [0.25, 0.3) is 0 Å². The molecule has 0 aromatic carbocycles. The fraction of sp³-hybridized carbons (Fsp3) is 0.929. The summed E-state index contributed by atoms with van der Waals surface area (Å²) in [6.07, 6.45) is 4.79. The minimum absolute atomic E-state index is 0.0749. The normalized spacial score (nSPS) is 16.3. The molecule has 0 saturated heterocycles.